The average Bonchev–Trinajstić information content (AvgIpc) is 2.93. The van der Waals surface area contributed by atoms with E-state index in [0.29, 0.717) is 33.6 Å². The molecule has 0 spiro atoms. The van der Waals surface area contributed by atoms with Crippen LogP contribution in [-0.2, 0) is 0 Å². The molecule has 3 nitrogen and oxygen atoms in total. The van der Waals surface area contributed by atoms with Gasteiger partial charge in [-0.15, -0.1) is 0 Å². The first-order valence-electron chi connectivity index (χ1n) is 11.9. The summed E-state index contributed by atoms with van der Waals surface area (Å²) in [5, 5.41) is 0. The fourth-order valence-electron chi connectivity index (χ4n) is 4.21. The molecule has 1 heterocycles. The summed E-state index contributed by atoms with van der Waals surface area (Å²) < 4.78 is 0. The molecule has 36 heavy (non-hydrogen) atoms. The predicted molar refractivity (Wildman–Crippen MR) is 144 cm³/mol. The van der Waals surface area contributed by atoms with Gasteiger partial charge in [-0.3, -0.25) is 9.59 Å². The van der Waals surface area contributed by atoms with Crippen molar-refractivity contribution in [3.05, 3.63) is 149 Å². The van der Waals surface area contributed by atoms with Gasteiger partial charge in [-0.25, -0.2) is 4.98 Å². The SMILES string of the molecule is Cc1ccc(-c2nc(-c3ccc(C)cc3)c(C(=O)c3ccccc3)cc2C(=O)c2ccccc2)cc1. The summed E-state index contributed by atoms with van der Waals surface area (Å²) in [6, 6.07) is 35.8. The number of benzene rings is 4. The summed E-state index contributed by atoms with van der Waals surface area (Å²) in [6.07, 6.45) is 0. The van der Waals surface area contributed by atoms with E-state index in [4.69, 9.17) is 4.98 Å². The van der Waals surface area contributed by atoms with Crippen LogP contribution >= 0.6 is 0 Å². The first kappa shape index (κ1) is 23.1. The molecule has 0 N–H and O–H groups in total. The molecule has 5 aromatic rings. The topological polar surface area (TPSA) is 47.0 Å². The summed E-state index contributed by atoms with van der Waals surface area (Å²) in [5.41, 5.74) is 6.91. The van der Waals surface area contributed by atoms with Crippen LogP contribution in [0.25, 0.3) is 22.5 Å². The van der Waals surface area contributed by atoms with Crippen LogP contribution in [0.1, 0.15) is 43.0 Å². The quantitative estimate of drug-likeness (QED) is 0.243. The molecule has 0 aliphatic carbocycles. The van der Waals surface area contributed by atoms with Crippen molar-refractivity contribution in [2.24, 2.45) is 0 Å². The molecule has 1 aromatic heterocycles. The first-order chi connectivity index (χ1) is 17.5. The highest BCUT2D eigenvalue weighted by Gasteiger charge is 2.24. The third-order valence-corrected chi connectivity index (χ3v) is 6.23. The van der Waals surface area contributed by atoms with Crippen molar-refractivity contribution < 1.29 is 9.59 Å². The Morgan fingerprint density at radius 1 is 0.500 bits per heavy atom. The Kier molecular flexibility index (Phi) is 6.38. The molecule has 0 fully saturated rings. The second-order valence-electron chi connectivity index (χ2n) is 8.90. The monoisotopic (exact) mass is 467 g/mol. The number of hydrogen-bond donors (Lipinski definition) is 0. The van der Waals surface area contributed by atoms with Gasteiger partial charge in [-0.1, -0.05) is 120 Å². The minimum Gasteiger partial charge on any atom is -0.289 e. The van der Waals surface area contributed by atoms with E-state index in [9.17, 15) is 9.59 Å². The van der Waals surface area contributed by atoms with Crippen molar-refractivity contribution in [1.82, 2.24) is 4.98 Å². The Hall–Kier alpha value is -4.63. The standard InChI is InChI=1S/C33H25NO2/c1-22-13-17-24(18-14-22)30-28(32(35)26-9-5-3-6-10-26)21-29(33(36)27-11-7-4-8-12-27)31(34-30)25-19-15-23(2)16-20-25/h3-21H,1-2H3. The smallest absolute Gasteiger partial charge is 0.195 e. The molecule has 0 aliphatic heterocycles. The number of nitrogens with zero attached hydrogens (tertiary/aromatic N) is 1. The number of carbonyl (C=O) groups excluding carboxylic acids is 2. The van der Waals surface area contributed by atoms with Crippen molar-refractivity contribution in [3.63, 3.8) is 0 Å². The van der Waals surface area contributed by atoms with Gasteiger partial charge in [0.25, 0.3) is 0 Å². The highest BCUT2D eigenvalue weighted by Crippen LogP contribution is 2.32. The number of rotatable bonds is 6. The van der Waals surface area contributed by atoms with Gasteiger partial charge in [0.15, 0.2) is 11.6 Å². The number of hydrogen-bond acceptors (Lipinski definition) is 3. The molecule has 0 bridgehead atoms. The highest BCUT2D eigenvalue weighted by molar-refractivity contribution is 6.17. The van der Waals surface area contributed by atoms with E-state index in [0.717, 1.165) is 22.3 Å². The van der Waals surface area contributed by atoms with Crippen molar-refractivity contribution >= 4 is 11.6 Å². The number of ketones is 2. The van der Waals surface area contributed by atoms with Crippen LogP contribution in [0.15, 0.2) is 115 Å². The molecule has 0 unspecified atom stereocenters. The third-order valence-electron chi connectivity index (χ3n) is 6.23. The van der Waals surface area contributed by atoms with E-state index >= 15 is 0 Å². The number of aryl methyl sites for hydroxylation is 2. The summed E-state index contributed by atoms with van der Waals surface area (Å²) in [5.74, 6) is -0.340. The molecular weight excluding hydrogens is 442 g/mol. The van der Waals surface area contributed by atoms with Crippen LogP contribution in [0.5, 0.6) is 0 Å². The Balaban J connectivity index is 1.80. The summed E-state index contributed by atoms with van der Waals surface area (Å²) in [7, 11) is 0. The summed E-state index contributed by atoms with van der Waals surface area (Å²) >= 11 is 0. The minimum absolute atomic E-state index is 0.170. The summed E-state index contributed by atoms with van der Waals surface area (Å²) in [4.78, 5) is 32.5. The Morgan fingerprint density at radius 3 is 1.22 bits per heavy atom. The molecule has 3 heteroatoms. The zero-order valence-electron chi connectivity index (χ0n) is 20.2. The Bertz CT molecular complexity index is 1420. The van der Waals surface area contributed by atoms with Gasteiger partial charge in [0.05, 0.1) is 11.4 Å². The third kappa shape index (κ3) is 4.64. The van der Waals surface area contributed by atoms with Gasteiger partial charge in [0.1, 0.15) is 0 Å². The van der Waals surface area contributed by atoms with Crippen LogP contribution in [0.3, 0.4) is 0 Å². The van der Waals surface area contributed by atoms with E-state index in [1.807, 2.05) is 98.8 Å². The van der Waals surface area contributed by atoms with Crippen LogP contribution in [0.4, 0.5) is 0 Å². The molecule has 5 rings (SSSR count). The Morgan fingerprint density at radius 2 is 0.861 bits per heavy atom. The van der Waals surface area contributed by atoms with E-state index in [-0.39, 0.29) is 11.6 Å². The van der Waals surface area contributed by atoms with Gasteiger partial charge in [-0.2, -0.15) is 0 Å². The van der Waals surface area contributed by atoms with Crippen LogP contribution in [-0.4, -0.2) is 16.6 Å². The van der Waals surface area contributed by atoms with Gasteiger partial charge in [0, 0.05) is 33.4 Å². The largest absolute Gasteiger partial charge is 0.289 e. The van der Waals surface area contributed by atoms with E-state index in [1.165, 1.54) is 0 Å². The molecule has 0 aliphatic rings. The maximum Gasteiger partial charge on any atom is 0.195 e. The van der Waals surface area contributed by atoms with Crippen molar-refractivity contribution in [2.45, 2.75) is 13.8 Å². The molecule has 4 aromatic carbocycles. The second kappa shape index (κ2) is 9.93. The molecule has 0 saturated carbocycles. The molecule has 0 radical (unpaired) electrons. The number of aromatic nitrogens is 1. The molecule has 0 saturated heterocycles. The fraction of sp³-hybridized carbons (Fsp3) is 0.0606. The predicted octanol–water partition coefficient (Wildman–Crippen LogP) is 7.49. The molecule has 0 amide bonds. The molecule has 174 valence electrons. The lowest BCUT2D eigenvalue weighted by Gasteiger charge is -2.16. The second-order valence-corrected chi connectivity index (χ2v) is 8.90. The zero-order chi connectivity index (χ0) is 25.1. The lowest BCUT2D eigenvalue weighted by Crippen LogP contribution is -2.12. The van der Waals surface area contributed by atoms with E-state index in [1.54, 1.807) is 30.3 Å². The number of pyridine rings is 1. The normalized spacial score (nSPS) is 10.7. The lowest BCUT2D eigenvalue weighted by molar-refractivity contribution is 0.103. The lowest BCUT2D eigenvalue weighted by atomic mass is 9.91. The van der Waals surface area contributed by atoms with Crippen LogP contribution < -0.4 is 0 Å². The van der Waals surface area contributed by atoms with E-state index in [2.05, 4.69) is 0 Å². The van der Waals surface area contributed by atoms with Gasteiger partial charge >= 0.3 is 0 Å². The van der Waals surface area contributed by atoms with Crippen LogP contribution in [0.2, 0.25) is 0 Å². The fourth-order valence-corrected chi connectivity index (χ4v) is 4.21. The minimum atomic E-state index is -0.170. The first-order valence-corrected chi connectivity index (χ1v) is 11.9. The van der Waals surface area contributed by atoms with Crippen LogP contribution in [0, 0.1) is 13.8 Å². The van der Waals surface area contributed by atoms with Crippen molar-refractivity contribution in [3.8, 4) is 22.5 Å². The summed E-state index contributed by atoms with van der Waals surface area (Å²) in [6.45, 7) is 4.04. The average molecular weight is 468 g/mol. The van der Waals surface area contributed by atoms with Crippen molar-refractivity contribution in [1.29, 1.82) is 0 Å². The zero-order valence-corrected chi connectivity index (χ0v) is 20.2. The highest BCUT2D eigenvalue weighted by atomic mass is 16.1. The van der Waals surface area contributed by atoms with Gasteiger partial charge < -0.3 is 0 Å². The van der Waals surface area contributed by atoms with Gasteiger partial charge in [-0.05, 0) is 19.9 Å². The molecule has 0 atom stereocenters. The van der Waals surface area contributed by atoms with E-state index < -0.39 is 0 Å². The Labute approximate surface area is 211 Å². The molecular formula is C33H25NO2. The van der Waals surface area contributed by atoms with Crippen molar-refractivity contribution in [2.75, 3.05) is 0 Å². The maximum atomic E-state index is 13.8. The maximum absolute atomic E-state index is 13.8. The van der Waals surface area contributed by atoms with Gasteiger partial charge in [0.2, 0.25) is 0 Å². The number of carbonyl (C=O) groups is 2.